The molecule has 1 saturated carbocycles. The van der Waals surface area contributed by atoms with Crippen molar-refractivity contribution in [1.29, 1.82) is 0 Å². The lowest BCUT2D eigenvalue weighted by Crippen LogP contribution is -2.39. The minimum Gasteiger partial charge on any atom is -0.493 e. The fourth-order valence-electron chi connectivity index (χ4n) is 5.70. The summed E-state index contributed by atoms with van der Waals surface area (Å²) in [6.45, 7) is 6.39. The number of piperidine rings is 1. The fraction of sp³-hybridized carbons (Fsp3) is 0.731. The van der Waals surface area contributed by atoms with E-state index in [1.165, 1.54) is 57.3 Å². The van der Waals surface area contributed by atoms with Crippen molar-refractivity contribution in [3.63, 3.8) is 0 Å². The molecule has 1 saturated heterocycles. The predicted molar refractivity (Wildman–Crippen MR) is 123 cm³/mol. The summed E-state index contributed by atoms with van der Waals surface area (Å²) in [5, 5.41) is 12.8. The number of nitrogens with one attached hydrogen (secondary N) is 1. The summed E-state index contributed by atoms with van der Waals surface area (Å²) in [4.78, 5) is 14.7. The minimum absolute atomic E-state index is 0.0105. The smallest absolute Gasteiger partial charge is 0.222 e. The summed E-state index contributed by atoms with van der Waals surface area (Å²) in [5.41, 5.74) is 3.01. The van der Waals surface area contributed by atoms with Gasteiger partial charge in [0.2, 0.25) is 5.91 Å². The van der Waals surface area contributed by atoms with E-state index >= 15 is 0 Å². The van der Waals surface area contributed by atoms with Crippen LogP contribution in [0.1, 0.15) is 81.8 Å². The topological polar surface area (TPSA) is 61.8 Å². The molecule has 1 aromatic rings. The van der Waals surface area contributed by atoms with Crippen LogP contribution in [0.2, 0.25) is 0 Å². The lowest BCUT2D eigenvalue weighted by atomic mass is 9.83. The molecule has 1 aliphatic carbocycles. The number of nitrogens with zero attached hydrogens (tertiary/aromatic N) is 1. The molecule has 2 heterocycles. The Kier molecular flexibility index (Phi) is 7.89. The van der Waals surface area contributed by atoms with Gasteiger partial charge in [0.15, 0.2) is 0 Å². The van der Waals surface area contributed by atoms with E-state index in [1.54, 1.807) is 5.56 Å². The fourth-order valence-corrected chi connectivity index (χ4v) is 5.70. The molecule has 172 valence electrons. The van der Waals surface area contributed by atoms with E-state index in [2.05, 4.69) is 28.4 Å². The largest absolute Gasteiger partial charge is 0.493 e. The molecule has 31 heavy (non-hydrogen) atoms. The molecule has 1 aromatic carbocycles. The molecule has 0 radical (unpaired) electrons. The maximum Gasteiger partial charge on any atom is 0.222 e. The number of benzene rings is 1. The van der Waals surface area contributed by atoms with Gasteiger partial charge in [0.1, 0.15) is 5.75 Å². The second kappa shape index (κ2) is 10.8. The first-order valence-electron chi connectivity index (χ1n) is 12.6. The standard InChI is InChI=1S/C26H40N2O3/c1-2-22(29)18-26(30)27-21-8-6-19(7-9-21)10-14-28-15-11-20(12-16-28)23-4-3-5-25-24(23)13-17-31-25/h3-5,19-22,29H,2,6-18H2,1H3,(H,27,30)/t19-,21-,22-/m1/s1. The molecule has 0 bridgehead atoms. The van der Waals surface area contributed by atoms with E-state index in [1.807, 2.05) is 6.92 Å². The monoisotopic (exact) mass is 428 g/mol. The molecule has 3 aliphatic rings. The molecule has 1 atom stereocenters. The first-order valence-corrected chi connectivity index (χ1v) is 12.6. The molecule has 2 fully saturated rings. The SMILES string of the molecule is CC[C@@H](O)CC(=O)N[C@H]1CC[C@H](CCN2CCC(c3cccc4c3CCO4)CC2)CC1. The molecule has 0 spiro atoms. The Morgan fingerprint density at radius 1 is 1.19 bits per heavy atom. The van der Waals surface area contributed by atoms with Crippen LogP contribution in [0.25, 0.3) is 0 Å². The number of carbonyl (C=O) groups is 1. The number of ether oxygens (including phenoxy) is 1. The van der Waals surface area contributed by atoms with Crippen LogP contribution in [-0.2, 0) is 11.2 Å². The number of aliphatic hydroxyl groups is 1. The number of hydrogen-bond acceptors (Lipinski definition) is 4. The second-order valence-corrected chi connectivity index (χ2v) is 9.88. The highest BCUT2D eigenvalue weighted by atomic mass is 16.5. The summed E-state index contributed by atoms with van der Waals surface area (Å²) >= 11 is 0. The summed E-state index contributed by atoms with van der Waals surface area (Å²) in [6.07, 6.45) is 9.87. The minimum atomic E-state index is -0.503. The average Bonchev–Trinajstić information content (AvgIpc) is 3.28. The van der Waals surface area contributed by atoms with Gasteiger partial charge in [-0.15, -0.1) is 0 Å². The summed E-state index contributed by atoms with van der Waals surface area (Å²) in [7, 11) is 0. The predicted octanol–water partition coefficient (Wildman–Crippen LogP) is 4.03. The van der Waals surface area contributed by atoms with Crippen molar-refractivity contribution in [1.82, 2.24) is 10.2 Å². The molecule has 1 amide bonds. The Balaban J connectivity index is 1.14. The molecule has 2 aliphatic heterocycles. The Bertz CT molecular complexity index is 721. The number of hydrogen-bond donors (Lipinski definition) is 2. The molecule has 0 aromatic heterocycles. The van der Waals surface area contributed by atoms with E-state index in [9.17, 15) is 9.90 Å². The van der Waals surface area contributed by atoms with Crippen LogP contribution >= 0.6 is 0 Å². The normalized spacial score (nSPS) is 25.6. The quantitative estimate of drug-likeness (QED) is 0.656. The van der Waals surface area contributed by atoms with Gasteiger partial charge in [-0.05, 0) is 94.5 Å². The third kappa shape index (κ3) is 6.01. The zero-order valence-corrected chi connectivity index (χ0v) is 19.2. The van der Waals surface area contributed by atoms with Gasteiger partial charge in [0.25, 0.3) is 0 Å². The summed E-state index contributed by atoms with van der Waals surface area (Å²) < 4.78 is 5.76. The van der Waals surface area contributed by atoms with E-state index in [-0.39, 0.29) is 12.3 Å². The Morgan fingerprint density at radius 2 is 1.97 bits per heavy atom. The number of likely N-dealkylation sites (tertiary alicyclic amines) is 1. The Hall–Kier alpha value is -1.59. The maximum atomic E-state index is 12.0. The average molecular weight is 429 g/mol. The van der Waals surface area contributed by atoms with Crippen molar-refractivity contribution >= 4 is 5.91 Å². The van der Waals surface area contributed by atoms with Crippen LogP contribution in [-0.4, -0.2) is 54.3 Å². The zero-order chi connectivity index (χ0) is 21.6. The third-order valence-corrected chi connectivity index (χ3v) is 7.76. The van der Waals surface area contributed by atoms with Gasteiger partial charge in [0, 0.05) is 18.0 Å². The molecular formula is C26H40N2O3. The van der Waals surface area contributed by atoms with Crippen LogP contribution in [0.15, 0.2) is 18.2 Å². The van der Waals surface area contributed by atoms with Gasteiger partial charge in [-0.2, -0.15) is 0 Å². The molecule has 0 unspecified atom stereocenters. The van der Waals surface area contributed by atoms with Gasteiger partial charge in [-0.3, -0.25) is 4.79 Å². The number of fused-ring (bicyclic) bond motifs is 1. The van der Waals surface area contributed by atoms with Gasteiger partial charge in [-0.1, -0.05) is 19.1 Å². The highest BCUT2D eigenvalue weighted by Gasteiger charge is 2.27. The number of rotatable bonds is 8. The van der Waals surface area contributed by atoms with E-state index in [0.29, 0.717) is 18.4 Å². The Labute approximate surface area is 187 Å². The van der Waals surface area contributed by atoms with Gasteiger partial charge < -0.3 is 20.1 Å². The lowest BCUT2D eigenvalue weighted by Gasteiger charge is -2.35. The number of carbonyl (C=O) groups excluding carboxylic acids is 1. The van der Waals surface area contributed by atoms with E-state index in [4.69, 9.17) is 4.74 Å². The van der Waals surface area contributed by atoms with Crippen molar-refractivity contribution in [2.24, 2.45) is 5.92 Å². The van der Waals surface area contributed by atoms with Crippen LogP contribution in [0.4, 0.5) is 0 Å². The first kappa shape index (κ1) is 22.6. The van der Waals surface area contributed by atoms with Gasteiger partial charge in [0.05, 0.1) is 19.1 Å². The number of aliphatic hydroxyl groups excluding tert-OH is 1. The maximum absolute atomic E-state index is 12.0. The van der Waals surface area contributed by atoms with Gasteiger partial charge in [-0.25, -0.2) is 0 Å². The van der Waals surface area contributed by atoms with E-state index in [0.717, 1.165) is 37.5 Å². The highest BCUT2D eigenvalue weighted by molar-refractivity contribution is 5.76. The molecular weight excluding hydrogens is 388 g/mol. The lowest BCUT2D eigenvalue weighted by molar-refractivity contribution is -0.124. The van der Waals surface area contributed by atoms with Crippen molar-refractivity contribution in [2.45, 2.75) is 89.2 Å². The zero-order valence-electron chi connectivity index (χ0n) is 19.2. The van der Waals surface area contributed by atoms with Crippen molar-refractivity contribution in [2.75, 3.05) is 26.2 Å². The van der Waals surface area contributed by atoms with Crippen LogP contribution in [0.5, 0.6) is 5.75 Å². The highest BCUT2D eigenvalue weighted by Crippen LogP contribution is 2.37. The summed E-state index contributed by atoms with van der Waals surface area (Å²) in [5.74, 6) is 2.62. The van der Waals surface area contributed by atoms with Gasteiger partial charge >= 0.3 is 0 Å². The second-order valence-electron chi connectivity index (χ2n) is 9.88. The Morgan fingerprint density at radius 3 is 2.71 bits per heavy atom. The molecule has 2 N–H and O–H groups in total. The van der Waals surface area contributed by atoms with Crippen molar-refractivity contribution < 1.29 is 14.6 Å². The van der Waals surface area contributed by atoms with Crippen LogP contribution in [0.3, 0.4) is 0 Å². The molecule has 5 nitrogen and oxygen atoms in total. The van der Waals surface area contributed by atoms with Crippen LogP contribution < -0.4 is 10.1 Å². The van der Waals surface area contributed by atoms with Crippen molar-refractivity contribution in [3.8, 4) is 5.75 Å². The summed E-state index contributed by atoms with van der Waals surface area (Å²) in [6, 6.07) is 6.92. The third-order valence-electron chi connectivity index (χ3n) is 7.76. The molecule has 5 heteroatoms. The van der Waals surface area contributed by atoms with E-state index < -0.39 is 6.10 Å². The first-order chi connectivity index (χ1) is 15.1. The molecule has 4 rings (SSSR count). The van der Waals surface area contributed by atoms with Crippen molar-refractivity contribution in [3.05, 3.63) is 29.3 Å². The number of amides is 1. The van der Waals surface area contributed by atoms with Crippen LogP contribution in [0, 0.1) is 5.92 Å².